The van der Waals surface area contributed by atoms with Crippen molar-refractivity contribution in [3.05, 3.63) is 57.2 Å². The van der Waals surface area contributed by atoms with Crippen LogP contribution in [0.1, 0.15) is 26.9 Å². The molecule has 4 rings (SSSR count). The Morgan fingerprint density at radius 2 is 2.09 bits per heavy atom. The second kappa shape index (κ2) is 10.5. The molecule has 8 nitrogen and oxygen atoms in total. The fourth-order valence-corrected chi connectivity index (χ4v) is 5.21. The van der Waals surface area contributed by atoms with Crippen molar-refractivity contribution in [2.24, 2.45) is 0 Å². The highest BCUT2D eigenvalue weighted by molar-refractivity contribution is 8.00. The van der Waals surface area contributed by atoms with Gasteiger partial charge in [0, 0.05) is 30.0 Å². The highest BCUT2D eigenvalue weighted by Crippen LogP contribution is 2.22. The van der Waals surface area contributed by atoms with Gasteiger partial charge in [-0.15, -0.1) is 22.7 Å². The van der Waals surface area contributed by atoms with Crippen LogP contribution in [0.15, 0.2) is 39.5 Å². The third-order valence-corrected chi connectivity index (χ3v) is 7.59. The molecule has 32 heavy (non-hydrogen) atoms. The molecule has 0 aromatic carbocycles. The molecule has 1 atom stereocenters. The maximum Gasteiger partial charge on any atom is 0.273 e. The van der Waals surface area contributed by atoms with Crippen LogP contribution in [0.3, 0.4) is 0 Å². The van der Waals surface area contributed by atoms with Gasteiger partial charge in [-0.25, -0.2) is 9.97 Å². The fourth-order valence-electron chi connectivity index (χ4n) is 3.37. The topological polar surface area (TPSA) is 88.5 Å². The Hall–Kier alpha value is -2.34. The first-order valence-corrected chi connectivity index (χ1v) is 13.0. The minimum atomic E-state index is -0.356. The summed E-state index contributed by atoms with van der Waals surface area (Å²) in [6, 6.07) is 5.64. The van der Waals surface area contributed by atoms with Crippen LogP contribution in [-0.2, 0) is 22.7 Å². The molecule has 1 aliphatic rings. The lowest BCUT2D eigenvalue weighted by molar-refractivity contribution is -0.132. The average Bonchev–Trinajstić information content (AvgIpc) is 3.41. The Balaban J connectivity index is 1.52. The lowest BCUT2D eigenvalue weighted by atomic mass is 10.3. The summed E-state index contributed by atoms with van der Waals surface area (Å²) in [5.74, 6) is -0.388. The number of hydrogen-bond acceptors (Lipinski definition) is 9. The van der Waals surface area contributed by atoms with Gasteiger partial charge in [-0.05, 0) is 25.3 Å². The standard InChI is InChI=1S/C21H23N5O3S3/c1-14-23-16(12-31-14)7-25-8-17(29-11-15-5-3-4-6-22-15)9-26(10-19(25)27)20(28)18-13-32-21(24-18)30-2/h3-6,12-13,17H,7-11H2,1-2H3/t17-/m0/s1. The van der Waals surface area contributed by atoms with Gasteiger partial charge in [0.05, 0.1) is 35.7 Å². The summed E-state index contributed by atoms with van der Waals surface area (Å²) < 4.78 is 6.94. The van der Waals surface area contributed by atoms with Gasteiger partial charge in [0.15, 0.2) is 0 Å². The first kappa shape index (κ1) is 22.8. The Morgan fingerprint density at radius 3 is 2.78 bits per heavy atom. The van der Waals surface area contributed by atoms with E-state index in [0.29, 0.717) is 31.9 Å². The molecular formula is C21H23N5O3S3. The van der Waals surface area contributed by atoms with Crippen LogP contribution < -0.4 is 0 Å². The van der Waals surface area contributed by atoms with Gasteiger partial charge in [0.1, 0.15) is 16.6 Å². The number of carbonyl (C=O) groups is 2. The number of aryl methyl sites for hydroxylation is 1. The van der Waals surface area contributed by atoms with E-state index < -0.39 is 0 Å². The number of nitrogens with zero attached hydrogens (tertiary/aromatic N) is 5. The SMILES string of the molecule is CSc1nc(C(=O)N2CC(=O)N(Cc3csc(C)n3)C[C@H](OCc3ccccn3)C2)cs1. The Kier molecular flexibility index (Phi) is 7.51. The number of amides is 2. The van der Waals surface area contributed by atoms with E-state index in [4.69, 9.17) is 4.74 Å². The molecule has 1 fully saturated rings. The van der Waals surface area contributed by atoms with Gasteiger partial charge in [0.25, 0.3) is 5.91 Å². The van der Waals surface area contributed by atoms with Crippen LogP contribution in [0.2, 0.25) is 0 Å². The van der Waals surface area contributed by atoms with E-state index in [0.717, 1.165) is 20.7 Å². The lowest BCUT2D eigenvalue weighted by Crippen LogP contribution is -2.39. The summed E-state index contributed by atoms with van der Waals surface area (Å²) in [7, 11) is 0. The van der Waals surface area contributed by atoms with Gasteiger partial charge >= 0.3 is 0 Å². The van der Waals surface area contributed by atoms with E-state index in [-0.39, 0.29) is 24.5 Å². The number of thiazole rings is 2. The normalized spacial score (nSPS) is 16.9. The number of carbonyl (C=O) groups excluding carboxylic acids is 2. The van der Waals surface area contributed by atoms with E-state index in [1.54, 1.807) is 27.8 Å². The van der Waals surface area contributed by atoms with Gasteiger partial charge < -0.3 is 14.5 Å². The summed E-state index contributed by atoms with van der Waals surface area (Å²) >= 11 is 4.47. The van der Waals surface area contributed by atoms with Crippen molar-refractivity contribution in [3.63, 3.8) is 0 Å². The zero-order chi connectivity index (χ0) is 22.5. The highest BCUT2D eigenvalue weighted by atomic mass is 32.2. The van der Waals surface area contributed by atoms with Crippen molar-refractivity contribution in [2.75, 3.05) is 25.9 Å². The number of rotatable bonds is 7. The van der Waals surface area contributed by atoms with Crippen LogP contribution in [0.5, 0.6) is 0 Å². The number of hydrogen-bond donors (Lipinski definition) is 0. The van der Waals surface area contributed by atoms with Crippen LogP contribution in [0.4, 0.5) is 0 Å². The van der Waals surface area contributed by atoms with Crippen LogP contribution in [0, 0.1) is 6.92 Å². The molecule has 0 spiro atoms. The first-order valence-electron chi connectivity index (χ1n) is 10.0. The Labute approximate surface area is 198 Å². The third-order valence-electron chi connectivity index (χ3n) is 4.90. The molecule has 0 radical (unpaired) electrons. The zero-order valence-electron chi connectivity index (χ0n) is 17.8. The van der Waals surface area contributed by atoms with Crippen LogP contribution in [0.25, 0.3) is 0 Å². The van der Waals surface area contributed by atoms with Crippen molar-refractivity contribution < 1.29 is 14.3 Å². The second-order valence-corrected chi connectivity index (χ2v) is 10.2. The van der Waals surface area contributed by atoms with E-state index in [1.165, 1.54) is 28.0 Å². The number of pyridine rings is 1. The maximum atomic E-state index is 13.1. The molecule has 168 valence electrons. The van der Waals surface area contributed by atoms with Crippen molar-refractivity contribution in [1.29, 1.82) is 0 Å². The van der Waals surface area contributed by atoms with Crippen LogP contribution in [-0.4, -0.2) is 68.6 Å². The average molecular weight is 490 g/mol. The van der Waals surface area contributed by atoms with Crippen molar-refractivity contribution >= 4 is 46.2 Å². The van der Waals surface area contributed by atoms with E-state index >= 15 is 0 Å². The molecule has 3 aromatic heterocycles. The smallest absolute Gasteiger partial charge is 0.273 e. The minimum Gasteiger partial charge on any atom is -0.368 e. The molecule has 0 N–H and O–H groups in total. The van der Waals surface area contributed by atoms with E-state index in [2.05, 4.69) is 15.0 Å². The summed E-state index contributed by atoms with van der Waals surface area (Å²) in [6.07, 6.45) is 3.28. The molecule has 0 aliphatic carbocycles. The minimum absolute atomic E-state index is 0.0163. The first-order chi connectivity index (χ1) is 15.5. The largest absolute Gasteiger partial charge is 0.368 e. The fraction of sp³-hybridized carbons (Fsp3) is 0.381. The van der Waals surface area contributed by atoms with Crippen molar-refractivity contribution in [1.82, 2.24) is 24.8 Å². The predicted octanol–water partition coefficient (Wildman–Crippen LogP) is 3.09. The summed E-state index contributed by atoms with van der Waals surface area (Å²) in [5.41, 5.74) is 2.00. The third kappa shape index (κ3) is 5.71. The van der Waals surface area contributed by atoms with Crippen LogP contribution >= 0.6 is 34.4 Å². The van der Waals surface area contributed by atoms with Crippen molar-refractivity contribution in [3.8, 4) is 0 Å². The van der Waals surface area contributed by atoms with Gasteiger partial charge in [-0.1, -0.05) is 17.8 Å². The molecule has 3 aromatic rings. The number of thioether (sulfide) groups is 1. The van der Waals surface area contributed by atoms with Crippen molar-refractivity contribution in [2.45, 2.75) is 30.5 Å². The Bertz CT molecular complexity index is 1070. The summed E-state index contributed by atoms with van der Waals surface area (Å²) in [6.45, 7) is 3.29. The maximum absolute atomic E-state index is 13.1. The second-order valence-electron chi connectivity index (χ2n) is 7.27. The molecule has 1 saturated heterocycles. The van der Waals surface area contributed by atoms with E-state index in [9.17, 15) is 9.59 Å². The number of aromatic nitrogens is 3. The molecule has 0 unspecified atom stereocenters. The molecule has 0 saturated carbocycles. The summed E-state index contributed by atoms with van der Waals surface area (Å²) in [5, 5.41) is 4.65. The quantitative estimate of drug-likeness (QED) is 0.471. The predicted molar refractivity (Wildman–Crippen MR) is 125 cm³/mol. The lowest BCUT2D eigenvalue weighted by Gasteiger charge is -2.24. The molecule has 2 amide bonds. The molecule has 1 aliphatic heterocycles. The number of ether oxygens (including phenoxy) is 1. The monoisotopic (exact) mass is 489 g/mol. The van der Waals surface area contributed by atoms with Gasteiger partial charge in [0.2, 0.25) is 5.91 Å². The molecular weight excluding hydrogens is 466 g/mol. The zero-order valence-corrected chi connectivity index (χ0v) is 20.2. The Morgan fingerprint density at radius 1 is 1.22 bits per heavy atom. The molecule has 11 heteroatoms. The molecule has 4 heterocycles. The van der Waals surface area contributed by atoms with Gasteiger partial charge in [-0.3, -0.25) is 14.6 Å². The van der Waals surface area contributed by atoms with Gasteiger partial charge in [-0.2, -0.15) is 0 Å². The molecule has 0 bridgehead atoms. The highest BCUT2D eigenvalue weighted by Gasteiger charge is 2.32. The van der Waals surface area contributed by atoms with E-state index in [1.807, 2.05) is 36.8 Å². The summed E-state index contributed by atoms with van der Waals surface area (Å²) in [4.78, 5) is 42.6.